The van der Waals surface area contributed by atoms with E-state index < -0.39 is 0 Å². The zero-order valence-corrected chi connectivity index (χ0v) is 17.4. The molecule has 1 heterocycles. The molecule has 5 aliphatic rings. The van der Waals surface area contributed by atoms with Gasteiger partial charge in [-0.2, -0.15) is 0 Å². The zero-order chi connectivity index (χ0) is 19.8. The third-order valence-corrected chi connectivity index (χ3v) is 8.01. The van der Waals surface area contributed by atoms with Crippen molar-refractivity contribution in [1.29, 1.82) is 0 Å². The van der Waals surface area contributed by atoms with Gasteiger partial charge in [-0.05, 0) is 79.4 Å². The van der Waals surface area contributed by atoms with E-state index in [1.807, 2.05) is 4.90 Å². The lowest BCUT2D eigenvalue weighted by atomic mass is 9.48. The molecule has 4 saturated carbocycles. The average molecular weight is 399 g/mol. The fourth-order valence-electron chi connectivity index (χ4n) is 6.97. The Hall–Kier alpha value is -1.59. The Morgan fingerprint density at radius 2 is 1.55 bits per heavy atom. The largest absolute Gasteiger partial charge is 0.484 e. The zero-order valence-electron chi connectivity index (χ0n) is 17.4. The number of aliphatic hydroxyl groups excluding tert-OH is 1. The molecule has 4 aliphatic carbocycles. The maximum absolute atomic E-state index is 12.5. The molecule has 5 nitrogen and oxygen atoms in total. The van der Waals surface area contributed by atoms with Crippen LogP contribution in [-0.2, 0) is 10.2 Å². The molecule has 5 heteroatoms. The number of hydrogen-bond donors (Lipinski definition) is 1. The summed E-state index contributed by atoms with van der Waals surface area (Å²) in [7, 11) is 0. The van der Waals surface area contributed by atoms with Crippen LogP contribution in [0.4, 0.5) is 0 Å². The van der Waals surface area contributed by atoms with E-state index >= 15 is 0 Å². The normalized spacial score (nSPS) is 33.8. The lowest BCUT2D eigenvalue weighted by molar-refractivity contribution is -0.135. The summed E-state index contributed by atoms with van der Waals surface area (Å²) < 4.78 is 5.82. The van der Waals surface area contributed by atoms with Crippen LogP contribution >= 0.6 is 0 Å². The Morgan fingerprint density at radius 3 is 2.10 bits per heavy atom. The van der Waals surface area contributed by atoms with Crippen LogP contribution in [0.1, 0.15) is 44.1 Å². The van der Waals surface area contributed by atoms with Gasteiger partial charge in [-0.25, -0.2) is 0 Å². The molecule has 0 unspecified atom stereocenters. The van der Waals surface area contributed by atoms with Gasteiger partial charge in [-0.1, -0.05) is 12.1 Å². The second-order valence-corrected chi connectivity index (χ2v) is 9.96. The van der Waals surface area contributed by atoms with Gasteiger partial charge in [-0.15, -0.1) is 0 Å². The minimum Gasteiger partial charge on any atom is -0.484 e. The van der Waals surface area contributed by atoms with Crippen molar-refractivity contribution < 1.29 is 14.6 Å². The van der Waals surface area contributed by atoms with E-state index in [1.165, 1.54) is 44.1 Å². The van der Waals surface area contributed by atoms with Crippen LogP contribution < -0.4 is 4.74 Å². The molecule has 6 rings (SSSR count). The Morgan fingerprint density at radius 1 is 0.966 bits per heavy atom. The molecule has 29 heavy (non-hydrogen) atoms. The maximum Gasteiger partial charge on any atom is 0.260 e. The Labute approximate surface area is 174 Å². The molecular weight excluding hydrogens is 364 g/mol. The van der Waals surface area contributed by atoms with E-state index in [9.17, 15) is 4.79 Å². The minimum atomic E-state index is 0.0545. The highest BCUT2D eigenvalue weighted by atomic mass is 16.5. The van der Waals surface area contributed by atoms with Crippen molar-refractivity contribution in [2.24, 2.45) is 17.8 Å². The van der Waals surface area contributed by atoms with Crippen LogP contribution in [0.2, 0.25) is 0 Å². The topological polar surface area (TPSA) is 53.0 Å². The summed E-state index contributed by atoms with van der Waals surface area (Å²) in [5, 5.41) is 9.03. The molecule has 0 aromatic heterocycles. The van der Waals surface area contributed by atoms with Gasteiger partial charge in [0.15, 0.2) is 6.61 Å². The Kier molecular flexibility index (Phi) is 5.29. The van der Waals surface area contributed by atoms with Crippen LogP contribution in [0.25, 0.3) is 0 Å². The number of hydrogen-bond acceptors (Lipinski definition) is 4. The van der Waals surface area contributed by atoms with Crippen molar-refractivity contribution >= 4 is 5.91 Å². The predicted molar refractivity (Wildman–Crippen MR) is 112 cm³/mol. The second-order valence-electron chi connectivity index (χ2n) is 9.96. The summed E-state index contributed by atoms with van der Waals surface area (Å²) in [5.74, 6) is 3.71. The van der Waals surface area contributed by atoms with Gasteiger partial charge in [0.05, 0.1) is 6.61 Å². The summed E-state index contributed by atoms with van der Waals surface area (Å²) in [6.07, 6.45) is 8.53. The number of nitrogens with zero attached hydrogens (tertiary/aromatic N) is 2. The molecule has 0 spiro atoms. The smallest absolute Gasteiger partial charge is 0.260 e. The second kappa shape index (κ2) is 7.92. The lowest BCUT2D eigenvalue weighted by Gasteiger charge is -2.57. The van der Waals surface area contributed by atoms with E-state index in [2.05, 4.69) is 29.2 Å². The molecule has 158 valence electrons. The SMILES string of the molecule is O=C(COc1ccc(C23CC4CC(CC(C4)C2)C3)cc1)N1CCN(CCO)CC1. The predicted octanol–water partition coefficient (Wildman–Crippen LogP) is 2.67. The molecule has 0 radical (unpaired) electrons. The van der Waals surface area contributed by atoms with Crippen LogP contribution in [0.5, 0.6) is 5.75 Å². The standard InChI is InChI=1S/C24H34N2O3/c27-10-9-25-5-7-26(8-6-25)23(28)17-29-22-3-1-21(2-4-22)24-14-18-11-19(15-24)13-20(12-18)16-24/h1-4,18-20,27H,5-17H2. The Balaban J connectivity index is 1.15. The number of carbonyl (C=O) groups excluding carboxylic acids is 1. The number of ether oxygens (including phenoxy) is 1. The number of aliphatic hydroxyl groups is 1. The average Bonchev–Trinajstić information content (AvgIpc) is 2.72. The van der Waals surface area contributed by atoms with Crippen LogP contribution in [-0.4, -0.2) is 66.8 Å². The summed E-state index contributed by atoms with van der Waals surface area (Å²) in [4.78, 5) is 16.5. The van der Waals surface area contributed by atoms with Gasteiger partial charge in [0, 0.05) is 32.7 Å². The fourth-order valence-corrected chi connectivity index (χ4v) is 6.97. The van der Waals surface area contributed by atoms with E-state index in [-0.39, 0.29) is 19.1 Å². The molecule has 1 saturated heterocycles. The van der Waals surface area contributed by atoms with E-state index in [4.69, 9.17) is 9.84 Å². The Bertz CT molecular complexity index is 689. The summed E-state index contributed by atoms with van der Waals surface area (Å²) >= 11 is 0. The van der Waals surface area contributed by atoms with E-state index in [0.717, 1.165) is 36.6 Å². The highest BCUT2D eigenvalue weighted by Crippen LogP contribution is 2.60. The van der Waals surface area contributed by atoms with Gasteiger partial charge in [0.25, 0.3) is 5.91 Å². The maximum atomic E-state index is 12.5. The van der Waals surface area contributed by atoms with Gasteiger partial charge in [0.2, 0.25) is 0 Å². The molecule has 5 fully saturated rings. The highest BCUT2D eigenvalue weighted by molar-refractivity contribution is 5.77. The summed E-state index contributed by atoms with van der Waals surface area (Å²) in [6.45, 7) is 4.06. The first kappa shape index (κ1) is 19.4. The number of β-amino-alcohol motifs (C(OH)–C–C–N with tert-alkyl or cyclic N) is 1. The molecule has 1 aromatic rings. The lowest BCUT2D eigenvalue weighted by Crippen LogP contribution is -2.50. The van der Waals surface area contributed by atoms with Gasteiger partial charge in [-0.3, -0.25) is 9.69 Å². The molecule has 0 atom stereocenters. The quantitative estimate of drug-likeness (QED) is 0.801. The number of benzene rings is 1. The van der Waals surface area contributed by atoms with Crippen LogP contribution in [0, 0.1) is 17.8 Å². The van der Waals surface area contributed by atoms with Crippen molar-refractivity contribution in [2.75, 3.05) is 45.9 Å². The first-order chi connectivity index (χ1) is 14.1. The third-order valence-electron chi connectivity index (χ3n) is 8.01. The molecule has 1 N–H and O–H groups in total. The minimum absolute atomic E-state index is 0.0545. The van der Waals surface area contributed by atoms with Crippen molar-refractivity contribution in [3.63, 3.8) is 0 Å². The van der Waals surface area contributed by atoms with E-state index in [0.29, 0.717) is 25.0 Å². The van der Waals surface area contributed by atoms with Crippen LogP contribution in [0.15, 0.2) is 24.3 Å². The van der Waals surface area contributed by atoms with Crippen molar-refractivity contribution in [1.82, 2.24) is 9.80 Å². The highest BCUT2D eigenvalue weighted by Gasteiger charge is 2.51. The van der Waals surface area contributed by atoms with Crippen LogP contribution in [0.3, 0.4) is 0 Å². The molecule has 1 amide bonds. The molecule has 1 aliphatic heterocycles. The molecule has 1 aromatic carbocycles. The van der Waals surface area contributed by atoms with Gasteiger partial charge < -0.3 is 14.7 Å². The molecule has 4 bridgehead atoms. The number of amides is 1. The molecular formula is C24H34N2O3. The van der Waals surface area contributed by atoms with Crippen molar-refractivity contribution in [3.05, 3.63) is 29.8 Å². The van der Waals surface area contributed by atoms with E-state index in [1.54, 1.807) is 0 Å². The van der Waals surface area contributed by atoms with Crippen molar-refractivity contribution in [2.45, 2.75) is 43.9 Å². The number of carbonyl (C=O) groups is 1. The van der Waals surface area contributed by atoms with Crippen molar-refractivity contribution in [3.8, 4) is 5.75 Å². The number of rotatable bonds is 6. The third kappa shape index (κ3) is 3.91. The van der Waals surface area contributed by atoms with Gasteiger partial charge in [0.1, 0.15) is 5.75 Å². The summed E-state index contributed by atoms with van der Waals surface area (Å²) in [6, 6.07) is 8.67. The summed E-state index contributed by atoms with van der Waals surface area (Å²) in [5.41, 5.74) is 1.91. The first-order valence-corrected chi connectivity index (χ1v) is 11.5. The monoisotopic (exact) mass is 398 g/mol. The first-order valence-electron chi connectivity index (χ1n) is 11.5. The van der Waals surface area contributed by atoms with Gasteiger partial charge >= 0.3 is 0 Å². The fraction of sp³-hybridized carbons (Fsp3) is 0.708. The number of piperazine rings is 1.